The van der Waals surface area contributed by atoms with Gasteiger partial charge in [0.2, 0.25) is 0 Å². The van der Waals surface area contributed by atoms with Crippen LogP contribution in [0.15, 0.2) is 277 Å². The number of rotatable bonds is 8. The molecule has 0 unspecified atom stereocenters. The summed E-state index contributed by atoms with van der Waals surface area (Å²) in [5, 5.41) is 7.01. The van der Waals surface area contributed by atoms with Gasteiger partial charge in [0.15, 0.2) is 0 Å². The van der Waals surface area contributed by atoms with Crippen molar-refractivity contribution in [1.29, 1.82) is 0 Å². The Morgan fingerprint density at radius 1 is 0.282 bits per heavy atom. The van der Waals surface area contributed by atoms with Gasteiger partial charge in [-0.15, -0.1) is 0 Å². The van der Waals surface area contributed by atoms with Crippen LogP contribution in [0.1, 0.15) is 22.3 Å². The summed E-state index contributed by atoms with van der Waals surface area (Å²) in [7, 11) is 0. The summed E-state index contributed by atoms with van der Waals surface area (Å²) in [6.45, 7) is 0. The molecular weight excluding hydrogens is 859 g/mol. The SMILES string of the molecule is c1ccc(C2(c3ccccc3)c3ccccc3-c3cc(-c4ccccc4N(c4ccc(-c5cccc6c5oc5c7ccccc7ccc65)cc4)c4cccc(-c5cccc6ccccc56)c4)ccc32)cc1. The first kappa shape index (κ1) is 40.8. The van der Waals surface area contributed by atoms with Crippen LogP contribution in [0.2, 0.25) is 0 Å². The van der Waals surface area contributed by atoms with Crippen LogP contribution in [0, 0.1) is 0 Å². The Bertz CT molecular complexity index is 4120. The molecule has 1 heterocycles. The van der Waals surface area contributed by atoms with Crippen LogP contribution in [0.4, 0.5) is 17.1 Å². The van der Waals surface area contributed by atoms with Gasteiger partial charge in [-0.05, 0) is 114 Å². The topological polar surface area (TPSA) is 16.4 Å². The van der Waals surface area contributed by atoms with E-state index in [0.717, 1.165) is 72.2 Å². The van der Waals surface area contributed by atoms with E-state index >= 15 is 0 Å². The summed E-state index contributed by atoms with van der Waals surface area (Å²) in [5.41, 5.74) is 19.0. The van der Waals surface area contributed by atoms with Gasteiger partial charge in [0.25, 0.3) is 0 Å². The maximum absolute atomic E-state index is 6.82. The highest BCUT2D eigenvalue weighted by molar-refractivity contribution is 6.17. The second-order valence-corrected chi connectivity index (χ2v) is 18.7. The molecule has 13 aromatic rings. The van der Waals surface area contributed by atoms with E-state index < -0.39 is 5.41 Å². The normalized spacial score (nSPS) is 12.6. The lowest BCUT2D eigenvalue weighted by molar-refractivity contribution is 0.674. The first-order valence-electron chi connectivity index (χ1n) is 24.5. The Hall–Kier alpha value is -9.24. The maximum Gasteiger partial charge on any atom is 0.143 e. The van der Waals surface area contributed by atoms with Crippen molar-refractivity contribution in [2.24, 2.45) is 0 Å². The van der Waals surface area contributed by atoms with Crippen LogP contribution < -0.4 is 4.90 Å². The van der Waals surface area contributed by atoms with Crippen LogP contribution in [-0.2, 0) is 5.41 Å². The quantitative estimate of drug-likeness (QED) is 0.151. The number of para-hydroxylation sites is 2. The number of benzene rings is 12. The van der Waals surface area contributed by atoms with Crippen LogP contribution in [0.3, 0.4) is 0 Å². The average Bonchev–Trinajstić information content (AvgIpc) is 3.98. The molecular formula is C69H45NO. The zero-order chi connectivity index (χ0) is 46.9. The maximum atomic E-state index is 6.82. The highest BCUT2D eigenvalue weighted by Crippen LogP contribution is 2.57. The van der Waals surface area contributed by atoms with Crippen molar-refractivity contribution in [1.82, 2.24) is 0 Å². The van der Waals surface area contributed by atoms with Crippen molar-refractivity contribution in [2.75, 3.05) is 4.90 Å². The molecule has 0 aliphatic heterocycles. The summed E-state index contributed by atoms with van der Waals surface area (Å²) < 4.78 is 6.82. The number of furan rings is 1. The first-order valence-corrected chi connectivity index (χ1v) is 24.5. The first-order chi connectivity index (χ1) is 35.2. The fourth-order valence-corrected chi connectivity index (χ4v) is 11.8. The molecule has 1 aromatic heterocycles. The zero-order valence-corrected chi connectivity index (χ0v) is 38.8. The van der Waals surface area contributed by atoms with E-state index in [2.05, 4.69) is 278 Å². The predicted molar refractivity (Wildman–Crippen MR) is 297 cm³/mol. The number of hydrogen-bond acceptors (Lipinski definition) is 2. The van der Waals surface area contributed by atoms with Gasteiger partial charge >= 0.3 is 0 Å². The van der Waals surface area contributed by atoms with E-state index in [4.69, 9.17) is 4.42 Å². The summed E-state index contributed by atoms with van der Waals surface area (Å²) in [5.74, 6) is 0. The third kappa shape index (κ3) is 6.42. The van der Waals surface area contributed by atoms with E-state index in [1.807, 2.05) is 0 Å². The van der Waals surface area contributed by atoms with Crippen LogP contribution >= 0.6 is 0 Å². The Kier molecular flexibility index (Phi) is 9.47. The molecule has 2 heteroatoms. The van der Waals surface area contributed by atoms with Gasteiger partial charge in [-0.25, -0.2) is 0 Å². The Morgan fingerprint density at radius 3 is 1.63 bits per heavy atom. The molecule has 0 radical (unpaired) electrons. The number of nitrogens with zero attached hydrogens (tertiary/aromatic N) is 1. The van der Waals surface area contributed by atoms with Gasteiger partial charge in [0.05, 0.1) is 11.1 Å². The van der Waals surface area contributed by atoms with Gasteiger partial charge in [0, 0.05) is 38.7 Å². The van der Waals surface area contributed by atoms with Crippen LogP contribution in [-0.4, -0.2) is 0 Å². The van der Waals surface area contributed by atoms with Gasteiger partial charge < -0.3 is 9.32 Å². The fraction of sp³-hybridized carbons (Fsp3) is 0.0145. The van der Waals surface area contributed by atoms with Crippen LogP contribution in [0.5, 0.6) is 0 Å². The molecule has 0 bridgehead atoms. The molecule has 2 nitrogen and oxygen atoms in total. The second kappa shape index (κ2) is 16.5. The van der Waals surface area contributed by atoms with E-state index in [0.29, 0.717) is 0 Å². The second-order valence-electron chi connectivity index (χ2n) is 18.7. The number of fused-ring (bicyclic) bond motifs is 9. The zero-order valence-electron chi connectivity index (χ0n) is 38.8. The molecule has 1 aliphatic carbocycles. The molecule has 0 N–H and O–H groups in total. The van der Waals surface area contributed by atoms with Crippen molar-refractivity contribution in [2.45, 2.75) is 5.41 Å². The van der Waals surface area contributed by atoms with E-state index in [-0.39, 0.29) is 0 Å². The Balaban J connectivity index is 0.945. The summed E-state index contributed by atoms with van der Waals surface area (Å²) in [6.07, 6.45) is 0. The minimum absolute atomic E-state index is 0.469. The smallest absolute Gasteiger partial charge is 0.143 e. The van der Waals surface area contributed by atoms with Crippen LogP contribution in [0.25, 0.3) is 88.0 Å². The lowest BCUT2D eigenvalue weighted by Gasteiger charge is -2.34. The van der Waals surface area contributed by atoms with Gasteiger partial charge in [-0.2, -0.15) is 0 Å². The number of anilines is 3. The summed E-state index contributed by atoms with van der Waals surface area (Å²) in [6, 6.07) is 99.8. The largest absolute Gasteiger partial charge is 0.455 e. The van der Waals surface area contributed by atoms with Gasteiger partial charge in [-0.3, -0.25) is 0 Å². The minimum Gasteiger partial charge on any atom is -0.455 e. The van der Waals surface area contributed by atoms with Crippen molar-refractivity contribution in [3.05, 3.63) is 295 Å². The van der Waals surface area contributed by atoms with Crippen molar-refractivity contribution in [3.8, 4) is 44.5 Å². The molecule has 0 saturated carbocycles. The molecule has 332 valence electrons. The minimum atomic E-state index is -0.469. The Labute approximate surface area is 413 Å². The lowest BCUT2D eigenvalue weighted by Crippen LogP contribution is -2.28. The third-order valence-electron chi connectivity index (χ3n) is 14.9. The van der Waals surface area contributed by atoms with Crippen molar-refractivity contribution in [3.63, 3.8) is 0 Å². The van der Waals surface area contributed by atoms with Gasteiger partial charge in [-0.1, -0.05) is 231 Å². The lowest BCUT2D eigenvalue weighted by atomic mass is 9.67. The van der Waals surface area contributed by atoms with E-state index in [9.17, 15) is 0 Å². The van der Waals surface area contributed by atoms with Crippen molar-refractivity contribution < 1.29 is 4.42 Å². The molecule has 14 rings (SSSR count). The van der Waals surface area contributed by atoms with E-state index in [1.54, 1.807) is 0 Å². The molecule has 0 atom stereocenters. The molecule has 1 aliphatic rings. The predicted octanol–water partition coefficient (Wildman–Crippen LogP) is 18.7. The molecule has 0 amide bonds. The van der Waals surface area contributed by atoms with Crippen molar-refractivity contribution >= 4 is 60.5 Å². The fourth-order valence-electron chi connectivity index (χ4n) is 11.8. The van der Waals surface area contributed by atoms with E-state index in [1.165, 1.54) is 55.1 Å². The Morgan fingerprint density at radius 2 is 0.831 bits per heavy atom. The summed E-state index contributed by atoms with van der Waals surface area (Å²) in [4.78, 5) is 2.43. The molecule has 12 aromatic carbocycles. The summed E-state index contributed by atoms with van der Waals surface area (Å²) >= 11 is 0. The highest BCUT2D eigenvalue weighted by Gasteiger charge is 2.46. The number of hydrogen-bond donors (Lipinski definition) is 0. The molecule has 0 saturated heterocycles. The standard InChI is InChI=1S/C69H45NO/c1-3-22-51(23-4-1)69(52-24-5-2-6-25-52)64-34-13-11-30-60(64)63-45-50(39-43-65(63)69)57-28-12-14-35-66(57)70(54-26-15-21-49(44-54)56-31-16-20-46-18-7-9-27-55(46)56)53-40-36-48(37-41-53)59-32-17-33-61-62-42-38-47-19-8-10-29-58(47)68(62)71-67(59)61/h1-45H. The molecule has 71 heavy (non-hydrogen) atoms. The van der Waals surface area contributed by atoms with Gasteiger partial charge in [0.1, 0.15) is 11.2 Å². The third-order valence-corrected chi connectivity index (χ3v) is 14.9. The monoisotopic (exact) mass is 903 g/mol. The molecule has 0 spiro atoms. The highest BCUT2D eigenvalue weighted by atomic mass is 16.3. The molecule has 0 fully saturated rings. The average molecular weight is 904 g/mol.